The van der Waals surface area contributed by atoms with E-state index in [1.165, 1.54) is 7.11 Å². The highest BCUT2D eigenvalue weighted by molar-refractivity contribution is 5.73. The van der Waals surface area contributed by atoms with E-state index in [4.69, 9.17) is 37.9 Å². The summed E-state index contributed by atoms with van der Waals surface area (Å²) in [4.78, 5) is 16.3. The zero-order valence-corrected chi connectivity index (χ0v) is 35.5. The zero-order valence-electron chi connectivity index (χ0n) is 35.5. The summed E-state index contributed by atoms with van der Waals surface area (Å²) in [7, 11) is 5.30. The maximum absolute atomic E-state index is 14.4. The summed E-state index contributed by atoms with van der Waals surface area (Å²) in [6.45, 7) is 21.6. The number of methoxy groups -OCH3 is 1. The smallest absolute Gasteiger partial charge is 0.311 e. The number of carbonyl (C=O) groups is 1. The number of hydrogen-bond acceptors (Lipinski definition) is 14. The first-order valence-electron chi connectivity index (χ1n) is 20.0. The Morgan fingerprint density at radius 1 is 0.889 bits per heavy atom. The standard InChI is InChI=1S/C40H73NO13/c1-16-27-40(12,46)34-22(4)30(53-37(8,9)54-34)20(2)18-38(10,45)33(52-36-29(42)26(41(13)14)17-21(3)48-36)23(5)31(24(6)35(44)50-27)51-28-19-39(11,47-15)32(43)25(7)49-28/h20-34,36,42-43,45-46H,16-19H2,1-15H3. The molecule has 4 fully saturated rings. The van der Waals surface area contributed by atoms with Crippen LogP contribution in [0.15, 0.2) is 0 Å². The number of carbonyl (C=O) groups excluding carboxylic acids is 1. The zero-order chi connectivity index (χ0) is 40.9. The largest absolute Gasteiger partial charge is 0.459 e. The molecular weight excluding hydrogens is 702 g/mol. The molecule has 0 radical (unpaired) electrons. The van der Waals surface area contributed by atoms with E-state index in [1.54, 1.807) is 48.5 Å². The second-order valence-electron chi connectivity index (χ2n) is 18.3. The third-order valence-electron chi connectivity index (χ3n) is 12.8. The fourth-order valence-corrected chi connectivity index (χ4v) is 9.67. The molecule has 0 spiro atoms. The molecule has 0 aliphatic carbocycles. The van der Waals surface area contributed by atoms with Gasteiger partial charge in [-0.2, -0.15) is 0 Å². The summed E-state index contributed by atoms with van der Waals surface area (Å²) in [5.41, 5.74) is -4.24. The number of esters is 1. The lowest BCUT2D eigenvalue weighted by atomic mass is 9.72. The van der Waals surface area contributed by atoms with Gasteiger partial charge in [-0.3, -0.25) is 4.79 Å². The maximum Gasteiger partial charge on any atom is 0.311 e. The van der Waals surface area contributed by atoms with Crippen molar-refractivity contribution in [2.24, 2.45) is 23.7 Å². The van der Waals surface area contributed by atoms with Gasteiger partial charge in [0.2, 0.25) is 0 Å². The van der Waals surface area contributed by atoms with Crippen LogP contribution < -0.4 is 0 Å². The van der Waals surface area contributed by atoms with Gasteiger partial charge in [0, 0.05) is 31.4 Å². The van der Waals surface area contributed by atoms with Crippen LogP contribution in [-0.2, 0) is 42.7 Å². The van der Waals surface area contributed by atoms with Crippen LogP contribution in [0, 0.1) is 23.7 Å². The molecule has 4 N–H and O–H groups in total. The molecular formula is C40H73NO13. The predicted molar refractivity (Wildman–Crippen MR) is 199 cm³/mol. The molecule has 4 rings (SSSR count). The van der Waals surface area contributed by atoms with Crippen LogP contribution in [-0.4, -0.2) is 149 Å². The van der Waals surface area contributed by atoms with Gasteiger partial charge in [0.1, 0.15) is 23.9 Å². The molecule has 19 unspecified atom stereocenters. The van der Waals surface area contributed by atoms with Crippen molar-refractivity contribution in [2.75, 3.05) is 21.2 Å². The van der Waals surface area contributed by atoms with Crippen LogP contribution in [0.2, 0.25) is 0 Å². The molecule has 54 heavy (non-hydrogen) atoms. The Morgan fingerprint density at radius 3 is 2.09 bits per heavy atom. The fraction of sp³-hybridized carbons (Fsp3) is 0.975. The SMILES string of the molecule is CCC1OC(=O)C(C)C(OC2CC(C)(OC)C(O)C(C)O2)C(C)C(OC2OC(C)CC(N(C)C)C2O)C(C)(O)CC(C)C2OC(C)(C)OC(C2C)C1(C)O. The molecule has 4 saturated heterocycles. The summed E-state index contributed by atoms with van der Waals surface area (Å²) in [6.07, 6.45) is -8.06. The van der Waals surface area contributed by atoms with Crippen molar-refractivity contribution < 1.29 is 63.1 Å². The first kappa shape index (κ1) is 45.7. The Hall–Kier alpha value is -1.01. The highest BCUT2D eigenvalue weighted by Crippen LogP contribution is 2.45. The number of hydrogen-bond donors (Lipinski definition) is 4. The second kappa shape index (κ2) is 17.1. The summed E-state index contributed by atoms with van der Waals surface area (Å²) < 4.78 is 50.9. The molecule has 14 nitrogen and oxygen atoms in total. The van der Waals surface area contributed by atoms with Crippen molar-refractivity contribution >= 4 is 5.97 Å². The molecule has 0 saturated carbocycles. The van der Waals surface area contributed by atoms with Gasteiger partial charge >= 0.3 is 5.97 Å². The minimum atomic E-state index is -1.62. The van der Waals surface area contributed by atoms with Crippen LogP contribution in [0.1, 0.15) is 109 Å². The number of aliphatic hydroxyl groups is 4. The van der Waals surface area contributed by atoms with Gasteiger partial charge in [-0.05, 0) is 94.7 Å². The average Bonchev–Trinajstić information content (AvgIpc) is 3.07. The first-order valence-corrected chi connectivity index (χ1v) is 20.0. The Labute approximate surface area is 323 Å². The Morgan fingerprint density at radius 2 is 1.52 bits per heavy atom. The number of fused-ring (bicyclic) bond motifs is 2. The van der Waals surface area contributed by atoms with Gasteiger partial charge in [-0.15, -0.1) is 0 Å². The first-order chi connectivity index (χ1) is 24.8. The lowest BCUT2D eigenvalue weighted by molar-refractivity contribution is -0.360. The van der Waals surface area contributed by atoms with Gasteiger partial charge in [0.15, 0.2) is 18.4 Å². The van der Waals surface area contributed by atoms with E-state index in [1.807, 2.05) is 53.6 Å². The molecule has 316 valence electrons. The average molecular weight is 776 g/mol. The normalized spacial score (nSPS) is 51.0. The van der Waals surface area contributed by atoms with Crippen LogP contribution in [0.3, 0.4) is 0 Å². The molecule has 14 heteroatoms. The molecule has 0 amide bonds. The van der Waals surface area contributed by atoms with E-state index >= 15 is 0 Å². The van der Waals surface area contributed by atoms with E-state index in [9.17, 15) is 25.2 Å². The summed E-state index contributed by atoms with van der Waals surface area (Å²) in [5, 5.41) is 47.6. The van der Waals surface area contributed by atoms with E-state index in [0.717, 1.165) is 0 Å². The van der Waals surface area contributed by atoms with Crippen molar-refractivity contribution in [1.82, 2.24) is 4.90 Å². The number of ether oxygens (including phenoxy) is 8. The van der Waals surface area contributed by atoms with Gasteiger partial charge in [0.05, 0.1) is 53.7 Å². The van der Waals surface area contributed by atoms with E-state index in [0.29, 0.717) is 12.8 Å². The molecule has 0 aromatic carbocycles. The van der Waals surface area contributed by atoms with Gasteiger partial charge in [-0.25, -0.2) is 0 Å². The number of aliphatic hydroxyl groups excluding tert-OH is 2. The third-order valence-corrected chi connectivity index (χ3v) is 12.8. The lowest BCUT2D eigenvalue weighted by Crippen LogP contribution is -2.65. The van der Waals surface area contributed by atoms with Crippen LogP contribution >= 0.6 is 0 Å². The van der Waals surface area contributed by atoms with Crippen LogP contribution in [0.25, 0.3) is 0 Å². The van der Waals surface area contributed by atoms with E-state index in [-0.39, 0.29) is 36.8 Å². The van der Waals surface area contributed by atoms with E-state index < -0.39 is 102 Å². The quantitative estimate of drug-likeness (QED) is 0.277. The van der Waals surface area contributed by atoms with E-state index in [2.05, 4.69) is 0 Å². The van der Waals surface area contributed by atoms with Crippen molar-refractivity contribution in [3.8, 4) is 0 Å². The third kappa shape index (κ3) is 9.47. The molecule has 4 aliphatic rings. The van der Waals surface area contributed by atoms with Crippen LogP contribution in [0.5, 0.6) is 0 Å². The predicted octanol–water partition coefficient (Wildman–Crippen LogP) is 3.38. The Balaban J connectivity index is 1.86. The van der Waals surface area contributed by atoms with Gasteiger partial charge in [-0.1, -0.05) is 27.7 Å². The highest BCUT2D eigenvalue weighted by atomic mass is 16.7. The molecule has 0 aromatic rings. The summed E-state index contributed by atoms with van der Waals surface area (Å²) in [5.74, 6) is -4.13. The topological polar surface area (TPSA) is 175 Å². The monoisotopic (exact) mass is 776 g/mol. The second-order valence-corrected chi connectivity index (χ2v) is 18.3. The summed E-state index contributed by atoms with van der Waals surface area (Å²) >= 11 is 0. The highest BCUT2D eigenvalue weighted by Gasteiger charge is 2.57. The Kier molecular flexibility index (Phi) is 14.4. The van der Waals surface area contributed by atoms with Gasteiger partial charge < -0.3 is 63.2 Å². The number of likely N-dealkylation sites (N-methyl/N-ethyl adjacent to an activating group) is 1. The van der Waals surface area contributed by atoms with Crippen molar-refractivity contribution in [3.63, 3.8) is 0 Å². The minimum absolute atomic E-state index is 0.142. The number of cyclic esters (lactones) is 1. The fourth-order valence-electron chi connectivity index (χ4n) is 9.67. The van der Waals surface area contributed by atoms with Crippen LogP contribution in [0.4, 0.5) is 0 Å². The van der Waals surface area contributed by atoms with Crippen molar-refractivity contribution in [2.45, 2.75) is 205 Å². The van der Waals surface area contributed by atoms with Gasteiger partial charge in [0.25, 0.3) is 0 Å². The van der Waals surface area contributed by atoms with Crippen molar-refractivity contribution in [3.05, 3.63) is 0 Å². The Bertz CT molecular complexity index is 1250. The molecule has 19 atom stereocenters. The molecule has 0 aromatic heterocycles. The number of rotatable bonds is 7. The lowest BCUT2D eigenvalue weighted by Gasteiger charge is -2.53. The molecule has 4 heterocycles. The number of nitrogens with zero attached hydrogens (tertiary/aromatic N) is 1. The maximum atomic E-state index is 14.4. The summed E-state index contributed by atoms with van der Waals surface area (Å²) in [6, 6.07) is -0.276. The van der Waals surface area contributed by atoms with Crippen molar-refractivity contribution in [1.29, 1.82) is 0 Å². The minimum Gasteiger partial charge on any atom is -0.459 e. The molecule has 2 bridgehead atoms. The molecule has 4 aliphatic heterocycles.